The molecule has 1 N–H and O–H groups in total. The highest BCUT2D eigenvalue weighted by Crippen LogP contribution is 2.49. The number of carboxylic acids is 1. The van der Waals surface area contributed by atoms with Gasteiger partial charge in [0.2, 0.25) is 5.91 Å². The topological polar surface area (TPSA) is 97.8 Å². The molecule has 0 bridgehead atoms. The summed E-state index contributed by atoms with van der Waals surface area (Å²) in [5, 5.41) is 9.44. The Morgan fingerprint density at radius 2 is 1.64 bits per heavy atom. The second-order valence-corrected chi connectivity index (χ2v) is 13.6. The maximum absolute atomic E-state index is 13.8. The van der Waals surface area contributed by atoms with E-state index in [2.05, 4.69) is 37.8 Å². The van der Waals surface area contributed by atoms with Crippen molar-refractivity contribution in [1.29, 1.82) is 0 Å². The summed E-state index contributed by atoms with van der Waals surface area (Å²) in [6.07, 6.45) is 3.71. The Labute approximate surface area is 267 Å². The first-order valence-corrected chi connectivity index (χ1v) is 16.1. The van der Waals surface area contributed by atoms with Crippen molar-refractivity contribution in [2.75, 3.05) is 61.7 Å². The Bertz CT molecular complexity index is 1250. The van der Waals surface area contributed by atoms with E-state index >= 15 is 0 Å². The van der Waals surface area contributed by atoms with Gasteiger partial charge in [-0.2, -0.15) is 0 Å². The van der Waals surface area contributed by atoms with Crippen LogP contribution in [0.1, 0.15) is 56.2 Å². The summed E-state index contributed by atoms with van der Waals surface area (Å²) in [5.74, 6) is 1.59. The molecule has 0 radical (unpaired) electrons. The summed E-state index contributed by atoms with van der Waals surface area (Å²) < 4.78 is 22.7. The van der Waals surface area contributed by atoms with Gasteiger partial charge in [0.05, 0.1) is 32.1 Å². The summed E-state index contributed by atoms with van der Waals surface area (Å²) in [6.45, 7) is 8.72. The fourth-order valence-electron chi connectivity index (χ4n) is 5.57. The third kappa shape index (κ3) is 9.44. The first-order chi connectivity index (χ1) is 20.9. The number of aliphatic carboxylic acids is 1. The van der Waals surface area contributed by atoms with Crippen molar-refractivity contribution in [3.05, 3.63) is 41.0 Å². The second kappa shape index (κ2) is 16.3. The van der Waals surface area contributed by atoms with Gasteiger partial charge in [0.15, 0.2) is 0 Å². The SMILES string of the molecule is CCCc1cc(CC(C)(CC(=O)N2CCC(C(=O)O)CC2)Sc2c(OC)cc(OC)cc2OC)c(C)cc1OCCN(C)C. The molecule has 0 aliphatic carbocycles. The molecule has 3 rings (SSSR count). The van der Waals surface area contributed by atoms with Crippen LogP contribution in [0, 0.1) is 12.8 Å². The smallest absolute Gasteiger partial charge is 0.306 e. The number of carbonyl (C=O) groups excluding carboxylic acids is 1. The van der Waals surface area contributed by atoms with Gasteiger partial charge in [-0.05, 0) is 76.4 Å². The van der Waals surface area contributed by atoms with Crippen LogP contribution in [0.3, 0.4) is 0 Å². The second-order valence-electron chi connectivity index (χ2n) is 12.0. The van der Waals surface area contributed by atoms with Crippen LogP contribution >= 0.6 is 11.8 Å². The molecule has 1 aliphatic heterocycles. The number of piperidine rings is 1. The fourth-order valence-corrected chi connectivity index (χ4v) is 6.97. The highest BCUT2D eigenvalue weighted by atomic mass is 32.2. The van der Waals surface area contributed by atoms with Crippen molar-refractivity contribution >= 4 is 23.6 Å². The number of carbonyl (C=O) groups is 2. The minimum atomic E-state index is -0.788. The average Bonchev–Trinajstić information content (AvgIpc) is 2.99. The van der Waals surface area contributed by atoms with E-state index in [9.17, 15) is 14.7 Å². The van der Waals surface area contributed by atoms with Gasteiger partial charge in [0, 0.05) is 42.9 Å². The van der Waals surface area contributed by atoms with Gasteiger partial charge in [-0.3, -0.25) is 9.59 Å². The van der Waals surface area contributed by atoms with E-state index in [1.54, 1.807) is 33.1 Å². The summed E-state index contributed by atoms with van der Waals surface area (Å²) in [5.41, 5.74) is 3.44. The molecule has 2 aromatic rings. The Kier molecular flexibility index (Phi) is 13.1. The predicted octanol–water partition coefficient (Wildman–Crippen LogP) is 5.72. The van der Waals surface area contributed by atoms with Crippen LogP contribution in [0.15, 0.2) is 29.2 Å². The van der Waals surface area contributed by atoms with Crippen LogP contribution in [0.25, 0.3) is 0 Å². The molecule has 1 fully saturated rings. The molecule has 10 heteroatoms. The Hall–Kier alpha value is -3.11. The number of thioether (sulfide) groups is 1. The number of rotatable bonds is 16. The van der Waals surface area contributed by atoms with Gasteiger partial charge in [0.1, 0.15) is 29.6 Å². The van der Waals surface area contributed by atoms with Crippen LogP contribution in [0.4, 0.5) is 0 Å². The van der Waals surface area contributed by atoms with Gasteiger partial charge < -0.3 is 33.9 Å². The molecule has 0 aromatic heterocycles. The molecule has 0 saturated carbocycles. The average molecular weight is 631 g/mol. The zero-order valence-corrected chi connectivity index (χ0v) is 28.5. The molecule has 1 unspecified atom stereocenters. The van der Waals surface area contributed by atoms with Crippen molar-refractivity contribution in [2.24, 2.45) is 5.92 Å². The van der Waals surface area contributed by atoms with Crippen molar-refractivity contribution in [3.63, 3.8) is 0 Å². The maximum Gasteiger partial charge on any atom is 0.306 e. The normalized spacial score (nSPS) is 15.2. The predicted molar refractivity (Wildman–Crippen MR) is 175 cm³/mol. The molecular formula is C34H50N2O7S. The standard InChI is InChI=1S/C34H50N2O7S/c1-9-10-25-18-26(23(2)17-28(25)43-16-15-35(4)5)21-34(3,22-31(37)36-13-11-24(12-14-36)33(38)39)44-32-29(41-7)19-27(40-6)20-30(32)42-8/h17-20,24H,9-16,21-22H2,1-8H3,(H,38,39). The fraction of sp³-hybridized carbons (Fsp3) is 0.588. The number of likely N-dealkylation sites (N-methyl/N-ethyl adjacent to an activating group) is 1. The number of benzene rings is 2. The van der Waals surface area contributed by atoms with Gasteiger partial charge in [-0.25, -0.2) is 0 Å². The number of hydrogen-bond acceptors (Lipinski definition) is 8. The summed E-state index contributed by atoms with van der Waals surface area (Å²) >= 11 is 1.57. The van der Waals surface area contributed by atoms with Crippen LogP contribution in [0.2, 0.25) is 0 Å². The number of hydrogen-bond donors (Lipinski definition) is 1. The van der Waals surface area contributed by atoms with E-state index in [1.165, 1.54) is 5.56 Å². The van der Waals surface area contributed by atoms with Gasteiger partial charge >= 0.3 is 5.97 Å². The van der Waals surface area contributed by atoms with Crippen molar-refractivity contribution in [2.45, 2.75) is 68.9 Å². The number of likely N-dealkylation sites (tertiary alicyclic amines) is 1. The molecule has 2 aromatic carbocycles. The minimum Gasteiger partial charge on any atom is -0.496 e. The maximum atomic E-state index is 13.8. The van der Waals surface area contributed by atoms with Crippen LogP contribution in [0.5, 0.6) is 23.0 Å². The molecule has 1 heterocycles. The number of carboxylic acid groups (broad SMARTS) is 1. The Morgan fingerprint density at radius 3 is 2.16 bits per heavy atom. The first-order valence-electron chi connectivity index (χ1n) is 15.3. The molecule has 1 atom stereocenters. The van der Waals surface area contributed by atoms with Gasteiger partial charge in [-0.15, -0.1) is 11.8 Å². The minimum absolute atomic E-state index is 0.0188. The Morgan fingerprint density at radius 1 is 1.00 bits per heavy atom. The lowest BCUT2D eigenvalue weighted by molar-refractivity contribution is -0.145. The highest BCUT2D eigenvalue weighted by molar-refractivity contribution is 8.00. The number of nitrogens with zero attached hydrogens (tertiary/aromatic N) is 2. The quantitative estimate of drug-likeness (QED) is 0.234. The number of aryl methyl sites for hydroxylation is 2. The summed E-state index contributed by atoms with van der Waals surface area (Å²) in [7, 11) is 8.90. The molecular weight excluding hydrogens is 580 g/mol. The molecule has 1 amide bonds. The summed E-state index contributed by atoms with van der Waals surface area (Å²) in [4.78, 5) is 30.0. The lowest BCUT2D eigenvalue weighted by Crippen LogP contribution is -2.43. The Balaban J connectivity index is 1.99. The first kappa shape index (κ1) is 35.4. The van der Waals surface area contributed by atoms with E-state index in [1.807, 2.05) is 31.1 Å². The molecule has 1 aliphatic rings. The molecule has 0 spiro atoms. The van der Waals surface area contributed by atoms with E-state index < -0.39 is 16.6 Å². The number of amides is 1. The van der Waals surface area contributed by atoms with Crippen LogP contribution in [-0.4, -0.2) is 93.2 Å². The third-order valence-electron chi connectivity index (χ3n) is 8.14. The third-order valence-corrected chi connectivity index (χ3v) is 9.53. The van der Waals surface area contributed by atoms with Crippen molar-refractivity contribution in [3.8, 4) is 23.0 Å². The lowest BCUT2D eigenvalue weighted by atomic mass is 9.90. The summed E-state index contributed by atoms with van der Waals surface area (Å²) in [6, 6.07) is 8.03. The largest absolute Gasteiger partial charge is 0.496 e. The van der Waals surface area contributed by atoms with E-state index in [0.29, 0.717) is 56.2 Å². The van der Waals surface area contributed by atoms with Crippen molar-refractivity contribution < 1.29 is 33.6 Å². The van der Waals surface area contributed by atoms with Crippen molar-refractivity contribution in [1.82, 2.24) is 9.80 Å². The monoisotopic (exact) mass is 630 g/mol. The molecule has 1 saturated heterocycles. The number of ether oxygens (including phenoxy) is 4. The number of methoxy groups -OCH3 is 3. The lowest BCUT2D eigenvalue weighted by Gasteiger charge is -2.35. The van der Waals surface area contributed by atoms with E-state index in [-0.39, 0.29) is 12.3 Å². The van der Waals surface area contributed by atoms with Gasteiger partial charge in [-0.1, -0.05) is 19.4 Å². The molecule has 44 heavy (non-hydrogen) atoms. The molecule has 244 valence electrons. The van der Waals surface area contributed by atoms with Crippen LogP contribution < -0.4 is 18.9 Å². The van der Waals surface area contributed by atoms with E-state index in [0.717, 1.165) is 41.2 Å². The highest BCUT2D eigenvalue weighted by Gasteiger charge is 2.36. The van der Waals surface area contributed by atoms with Crippen LogP contribution in [-0.2, 0) is 22.4 Å². The zero-order chi connectivity index (χ0) is 32.4. The zero-order valence-electron chi connectivity index (χ0n) is 27.7. The van der Waals surface area contributed by atoms with E-state index in [4.69, 9.17) is 18.9 Å². The van der Waals surface area contributed by atoms with Gasteiger partial charge in [0.25, 0.3) is 0 Å². The molecule has 9 nitrogen and oxygen atoms in total.